The molecule has 0 saturated carbocycles. The molecule has 0 spiro atoms. The largest absolute Gasteiger partial charge is 0.472 e. The molecule has 63 heavy (non-hydrogen) atoms. The summed E-state index contributed by atoms with van der Waals surface area (Å²) in [6.07, 6.45) is 59.0. The molecule has 2 atom stereocenters. The first-order chi connectivity index (χ1) is 30.8. The Hall–Kier alpha value is -2.03. The molecule has 0 saturated heterocycles. The summed E-state index contributed by atoms with van der Waals surface area (Å²) in [6, 6.07) is 0. The van der Waals surface area contributed by atoms with Crippen LogP contribution in [-0.4, -0.2) is 54.3 Å². The van der Waals surface area contributed by atoms with Crippen LogP contribution in [0.15, 0.2) is 48.6 Å². The Labute approximate surface area is 387 Å². The van der Waals surface area contributed by atoms with Gasteiger partial charge in [-0.25, -0.2) is 4.57 Å². The van der Waals surface area contributed by atoms with Gasteiger partial charge < -0.3 is 20.1 Å². The molecule has 0 radical (unpaired) electrons. The third-order valence-electron chi connectivity index (χ3n) is 11.2. The van der Waals surface area contributed by atoms with Gasteiger partial charge in [0.1, 0.15) is 12.7 Å². The Balaban J connectivity index is 3.56. The number of phosphoric acid groups is 1. The Morgan fingerprint density at radius 2 is 0.857 bits per heavy atom. The lowest BCUT2D eigenvalue weighted by Gasteiger charge is -2.15. The highest BCUT2D eigenvalue weighted by Crippen LogP contribution is 2.42. The minimum absolute atomic E-state index is 0.0806. The molecule has 0 rings (SSSR count). The van der Waals surface area contributed by atoms with Crippen molar-refractivity contribution in [1.29, 1.82) is 0 Å². The third kappa shape index (κ3) is 50.8. The van der Waals surface area contributed by atoms with Crippen LogP contribution in [0.25, 0.3) is 0 Å². The Bertz CT molecular complexity index is 1170. The normalized spacial score (nSPS) is 13.5. The van der Waals surface area contributed by atoms with Crippen LogP contribution in [0.3, 0.4) is 0 Å². The quantitative estimate of drug-likeness (QED) is 0.0238. The molecule has 0 aromatic carbocycles. The van der Waals surface area contributed by atoms with Gasteiger partial charge in [-0.05, 0) is 77.0 Å². The zero-order valence-corrected chi connectivity index (χ0v) is 41.7. The second kappa shape index (κ2) is 49.4. The first-order valence-corrected chi connectivity index (χ1v) is 27.6. The van der Waals surface area contributed by atoms with E-state index in [-0.39, 0.29) is 32.1 Å². The average molecular weight is 908 g/mol. The van der Waals surface area contributed by atoms with Crippen molar-refractivity contribution in [3.8, 4) is 0 Å². The number of esters is 1. The van der Waals surface area contributed by atoms with Gasteiger partial charge in [0.2, 0.25) is 5.91 Å². The van der Waals surface area contributed by atoms with E-state index in [1.807, 2.05) is 0 Å². The van der Waals surface area contributed by atoms with Crippen LogP contribution < -0.4 is 5.32 Å². The summed E-state index contributed by atoms with van der Waals surface area (Å²) in [7, 11) is -4.43. The molecule has 3 N–H and O–H groups in total. The van der Waals surface area contributed by atoms with Crippen molar-refractivity contribution in [2.24, 2.45) is 0 Å². The maximum absolute atomic E-state index is 12.2. The number of hydrogen-bond donors (Lipinski definition) is 3. The number of carbonyl (C=O) groups is 2. The molecule has 0 heterocycles. The van der Waals surface area contributed by atoms with Crippen LogP contribution >= 0.6 is 7.82 Å². The number of hydrogen-bond acceptors (Lipinski definition) is 7. The molecule has 0 aliphatic rings. The highest BCUT2D eigenvalue weighted by molar-refractivity contribution is 7.47. The van der Waals surface area contributed by atoms with Gasteiger partial charge in [-0.1, -0.05) is 204 Å². The number of amides is 1. The summed E-state index contributed by atoms with van der Waals surface area (Å²) < 4.78 is 27.0. The summed E-state index contributed by atoms with van der Waals surface area (Å²) in [4.78, 5) is 34.1. The van der Waals surface area contributed by atoms with Gasteiger partial charge in [0, 0.05) is 19.4 Å². The second-order valence-corrected chi connectivity index (χ2v) is 18.9. The first-order valence-electron chi connectivity index (χ1n) is 26.1. The van der Waals surface area contributed by atoms with Crippen molar-refractivity contribution in [2.45, 2.75) is 251 Å². The smallest absolute Gasteiger partial charge is 0.463 e. The van der Waals surface area contributed by atoms with Crippen molar-refractivity contribution < 1.29 is 37.9 Å². The number of aliphatic hydroxyl groups excluding tert-OH is 1. The van der Waals surface area contributed by atoms with E-state index in [1.54, 1.807) is 0 Å². The topological polar surface area (TPSA) is 131 Å². The van der Waals surface area contributed by atoms with Crippen molar-refractivity contribution in [3.05, 3.63) is 48.6 Å². The highest BCUT2D eigenvalue weighted by atomic mass is 31.2. The standard InChI is InChI=1S/C53H98NO8P/c1-3-5-7-9-11-13-15-17-19-21-23-25-27-29-31-33-35-37-39-41-43-45-52(56)54-47-48-61-63(58,59)62-50-51(55)49-60-53(57)46-44-42-40-38-36-34-32-30-28-26-24-22-20-18-16-14-12-10-8-6-4-2/h12,14,17-20,24,26,51,55H,3-11,13,15-16,21-23,25,27-50H2,1-2H3,(H,54,56)(H,58,59)/b14-12-,19-17+,20-18-,26-24-. The number of carbonyl (C=O) groups excluding carboxylic acids is 2. The summed E-state index contributed by atoms with van der Waals surface area (Å²) in [5, 5.41) is 12.8. The lowest BCUT2D eigenvalue weighted by atomic mass is 10.0. The van der Waals surface area contributed by atoms with E-state index in [4.69, 9.17) is 13.8 Å². The highest BCUT2D eigenvalue weighted by Gasteiger charge is 2.23. The van der Waals surface area contributed by atoms with Crippen LogP contribution in [-0.2, 0) is 27.9 Å². The van der Waals surface area contributed by atoms with Crippen LogP contribution in [0.5, 0.6) is 0 Å². The molecule has 9 nitrogen and oxygen atoms in total. The molecule has 2 unspecified atom stereocenters. The van der Waals surface area contributed by atoms with Crippen molar-refractivity contribution in [3.63, 3.8) is 0 Å². The number of unbranched alkanes of at least 4 members (excludes halogenated alkanes) is 28. The molecule has 1 amide bonds. The fourth-order valence-electron chi connectivity index (χ4n) is 7.27. The zero-order chi connectivity index (χ0) is 46.0. The molecule has 0 aliphatic heterocycles. The van der Waals surface area contributed by atoms with Crippen molar-refractivity contribution in [2.75, 3.05) is 26.4 Å². The van der Waals surface area contributed by atoms with E-state index in [0.717, 1.165) is 64.2 Å². The summed E-state index contributed by atoms with van der Waals surface area (Å²) >= 11 is 0. The van der Waals surface area contributed by atoms with Crippen LogP contribution in [0.4, 0.5) is 0 Å². The molecule has 0 bridgehead atoms. The van der Waals surface area contributed by atoms with Gasteiger partial charge in [0.15, 0.2) is 0 Å². The van der Waals surface area contributed by atoms with E-state index in [1.165, 1.54) is 154 Å². The van der Waals surface area contributed by atoms with E-state index in [2.05, 4.69) is 67.8 Å². The van der Waals surface area contributed by atoms with E-state index >= 15 is 0 Å². The Morgan fingerprint density at radius 3 is 1.33 bits per heavy atom. The van der Waals surface area contributed by atoms with Gasteiger partial charge in [0.25, 0.3) is 0 Å². The number of nitrogens with one attached hydrogen (secondary N) is 1. The minimum atomic E-state index is -4.43. The molecule has 10 heteroatoms. The summed E-state index contributed by atoms with van der Waals surface area (Å²) in [5.74, 6) is -0.519. The van der Waals surface area contributed by atoms with Crippen LogP contribution in [0, 0.1) is 0 Å². The fourth-order valence-corrected chi connectivity index (χ4v) is 8.02. The maximum atomic E-state index is 12.2. The SMILES string of the molecule is CCCCC/C=C\C/C=C\C/C=C\CCCCCCCCCCC(=O)OCC(O)COP(=O)(O)OCCNC(=O)CCCCCCCCCCCCC/C=C/CCCCCCCC. The van der Waals surface area contributed by atoms with Gasteiger partial charge in [-0.15, -0.1) is 0 Å². The first kappa shape index (κ1) is 61.0. The predicted octanol–water partition coefficient (Wildman–Crippen LogP) is 15.4. The van der Waals surface area contributed by atoms with Gasteiger partial charge in [-0.3, -0.25) is 18.6 Å². The molecular formula is C53H98NO8P. The average Bonchev–Trinajstić information content (AvgIpc) is 3.27. The van der Waals surface area contributed by atoms with Crippen LogP contribution in [0.2, 0.25) is 0 Å². The predicted molar refractivity (Wildman–Crippen MR) is 266 cm³/mol. The van der Waals surface area contributed by atoms with Gasteiger partial charge >= 0.3 is 13.8 Å². The zero-order valence-electron chi connectivity index (χ0n) is 40.8. The Kier molecular flexibility index (Phi) is 47.8. The number of phosphoric ester groups is 1. The summed E-state index contributed by atoms with van der Waals surface area (Å²) in [6.45, 7) is 3.54. The molecule has 368 valence electrons. The maximum Gasteiger partial charge on any atom is 0.472 e. The third-order valence-corrected chi connectivity index (χ3v) is 12.2. The molecular weight excluding hydrogens is 810 g/mol. The van der Waals surface area contributed by atoms with Crippen LogP contribution in [0.1, 0.15) is 245 Å². The molecule has 0 fully saturated rings. The van der Waals surface area contributed by atoms with Crippen molar-refractivity contribution >= 4 is 19.7 Å². The van der Waals surface area contributed by atoms with Gasteiger partial charge in [0.05, 0.1) is 13.2 Å². The molecule has 0 aliphatic carbocycles. The monoisotopic (exact) mass is 908 g/mol. The number of aliphatic hydroxyl groups is 1. The fraction of sp³-hybridized carbons (Fsp3) is 0.811. The van der Waals surface area contributed by atoms with E-state index in [9.17, 15) is 24.2 Å². The minimum Gasteiger partial charge on any atom is -0.463 e. The lowest BCUT2D eigenvalue weighted by molar-refractivity contribution is -0.147. The number of rotatable bonds is 49. The van der Waals surface area contributed by atoms with Crippen molar-refractivity contribution in [1.82, 2.24) is 5.32 Å². The lowest BCUT2D eigenvalue weighted by Crippen LogP contribution is -2.27. The van der Waals surface area contributed by atoms with E-state index in [0.29, 0.717) is 6.42 Å². The second-order valence-electron chi connectivity index (χ2n) is 17.5. The molecule has 0 aromatic heterocycles. The van der Waals surface area contributed by atoms with E-state index < -0.39 is 26.5 Å². The Morgan fingerprint density at radius 1 is 0.492 bits per heavy atom. The molecule has 0 aromatic rings. The van der Waals surface area contributed by atoms with Gasteiger partial charge in [-0.2, -0.15) is 0 Å². The number of allylic oxidation sites excluding steroid dienone is 8. The summed E-state index contributed by atoms with van der Waals surface area (Å²) in [5.41, 5.74) is 0. The number of ether oxygens (including phenoxy) is 1.